The molecule has 0 atom stereocenters. The van der Waals surface area contributed by atoms with Gasteiger partial charge in [0.25, 0.3) is 5.56 Å². The van der Waals surface area contributed by atoms with E-state index in [0.717, 1.165) is 22.0 Å². The molecule has 0 aliphatic carbocycles. The van der Waals surface area contributed by atoms with E-state index < -0.39 is 0 Å². The van der Waals surface area contributed by atoms with Crippen LogP contribution in [0.5, 0.6) is 0 Å². The topological polar surface area (TPSA) is 61.5 Å². The summed E-state index contributed by atoms with van der Waals surface area (Å²) in [5.41, 5.74) is 3.40. The fraction of sp³-hybridized carbons (Fsp3) is 0. The molecule has 108 valence electrons. The summed E-state index contributed by atoms with van der Waals surface area (Å²) in [6, 6.07) is 9.15. The standard InChI is InChI=1S/C16H9Cl2N3O/c17-9-3-4-11-10(6-9)14-15(20-11)12(13(18)16(22)21-14)8-2-1-5-19-7-8/h1-7,20H,(H,21,22). The number of aromatic amines is 2. The lowest BCUT2D eigenvalue weighted by molar-refractivity contribution is 1.29. The van der Waals surface area contributed by atoms with Crippen molar-refractivity contribution in [1.82, 2.24) is 15.0 Å². The maximum atomic E-state index is 12.2. The third-order valence-corrected chi connectivity index (χ3v) is 4.21. The molecular weight excluding hydrogens is 321 g/mol. The van der Waals surface area contributed by atoms with Gasteiger partial charge in [-0.1, -0.05) is 29.3 Å². The highest BCUT2D eigenvalue weighted by Gasteiger charge is 2.17. The van der Waals surface area contributed by atoms with Gasteiger partial charge >= 0.3 is 0 Å². The Morgan fingerprint density at radius 3 is 2.68 bits per heavy atom. The molecule has 2 N–H and O–H groups in total. The summed E-state index contributed by atoms with van der Waals surface area (Å²) in [5, 5.41) is 1.59. The molecule has 1 aromatic carbocycles. The Morgan fingerprint density at radius 1 is 1.05 bits per heavy atom. The van der Waals surface area contributed by atoms with Crippen LogP contribution in [0.3, 0.4) is 0 Å². The average molecular weight is 330 g/mol. The Bertz CT molecular complexity index is 1070. The van der Waals surface area contributed by atoms with Crippen LogP contribution in [0.15, 0.2) is 47.5 Å². The van der Waals surface area contributed by atoms with Crippen LogP contribution >= 0.6 is 23.2 Å². The van der Waals surface area contributed by atoms with Gasteiger partial charge in [0.1, 0.15) is 5.02 Å². The van der Waals surface area contributed by atoms with Crippen molar-refractivity contribution in [2.75, 3.05) is 0 Å². The summed E-state index contributed by atoms with van der Waals surface area (Å²) in [4.78, 5) is 22.4. The van der Waals surface area contributed by atoms with Crippen molar-refractivity contribution in [3.63, 3.8) is 0 Å². The molecule has 0 aliphatic rings. The lowest BCUT2D eigenvalue weighted by Gasteiger charge is -2.05. The number of nitrogens with zero attached hydrogens (tertiary/aromatic N) is 1. The number of benzene rings is 1. The summed E-state index contributed by atoms with van der Waals surface area (Å²) in [7, 11) is 0. The van der Waals surface area contributed by atoms with Crippen LogP contribution in [0.25, 0.3) is 33.1 Å². The quantitative estimate of drug-likeness (QED) is 0.544. The third-order valence-electron chi connectivity index (χ3n) is 3.62. The van der Waals surface area contributed by atoms with E-state index in [1.807, 2.05) is 18.2 Å². The van der Waals surface area contributed by atoms with Gasteiger partial charge in [-0.15, -0.1) is 0 Å². The van der Waals surface area contributed by atoms with Gasteiger partial charge in [0, 0.05) is 39.4 Å². The molecule has 0 aliphatic heterocycles. The van der Waals surface area contributed by atoms with Crippen LogP contribution in [0.1, 0.15) is 0 Å². The predicted molar refractivity (Wildman–Crippen MR) is 89.7 cm³/mol. The number of halogens is 2. The van der Waals surface area contributed by atoms with Gasteiger partial charge in [0.2, 0.25) is 0 Å². The molecule has 0 radical (unpaired) electrons. The first-order chi connectivity index (χ1) is 10.6. The number of rotatable bonds is 1. The zero-order chi connectivity index (χ0) is 15.3. The molecule has 22 heavy (non-hydrogen) atoms. The molecule has 4 rings (SSSR count). The molecule has 4 aromatic rings. The Morgan fingerprint density at radius 2 is 1.91 bits per heavy atom. The van der Waals surface area contributed by atoms with Crippen LogP contribution < -0.4 is 5.56 Å². The molecule has 0 bridgehead atoms. The van der Waals surface area contributed by atoms with E-state index in [1.165, 1.54) is 0 Å². The van der Waals surface area contributed by atoms with Gasteiger partial charge in [-0.05, 0) is 24.3 Å². The molecule has 0 amide bonds. The fourth-order valence-electron chi connectivity index (χ4n) is 2.65. The van der Waals surface area contributed by atoms with E-state index in [2.05, 4.69) is 15.0 Å². The van der Waals surface area contributed by atoms with Gasteiger partial charge in [-0.25, -0.2) is 0 Å². The Balaban J connectivity index is 2.22. The number of pyridine rings is 2. The Labute approximate surface area is 134 Å². The highest BCUT2D eigenvalue weighted by Crippen LogP contribution is 2.35. The second-order valence-electron chi connectivity index (χ2n) is 4.95. The van der Waals surface area contributed by atoms with E-state index >= 15 is 0 Å². The van der Waals surface area contributed by atoms with Crippen LogP contribution in [-0.2, 0) is 0 Å². The number of H-pyrrole nitrogens is 2. The molecule has 6 heteroatoms. The first-order valence-corrected chi connectivity index (χ1v) is 7.34. The smallest absolute Gasteiger partial charge is 0.267 e. The van der Waals surface area contributed by atoms with Crippen molar-refractivity contribution >= 4 is 45.1 Å². The summed E-state index contributed by atoms with van der Waals surface area (Å²) in [5.74, 6) is 0. The highest BCUT2D eigenvalue weighted by molar-refractivity contribution is 6.35. The SMILES string of the molecule is O=c1[nH]c2c([nH]c3ccc(Cl)cc32)c(-c2cccnc2)c1Cl. The van der Waals surface area contributed by atoms with Crippen molar-refractivity contribution in [3.8, 4) is 11.1 Å². The van der Waals surface area contributed by atoms with E-state index in [0.29, 0.717) is 16.1 Å². The van der Waals surface area contributed by atoms with E-state index in [4.69, 9.17) is 23.2 Å². The molecule has 3 aromatic heterocycles. The summed E-state index contributed by atoms with van der Waals surface area (Å²) >= 11 is 12.3. The van der Waals surface area contributed by atoms with Crippen molar-refractivity contribution in [2.24, 2.45) is 0 Å². The van der Waals surface area contributed by atoms with E-state index in [9.17, 15) is 4.79 Å². The number of nitrogens with one attached hydrogen (secondary N) is 2. The zero-order valence-electron chi connectivity index (χ0n) is 11.2. The minimum Gasteiger partial charge on any atom is -0.353 e. The van der Waals surface area contributed by atoms with Gasteiger partial charge in [0.05, 0.1) is 11.0 Å². The molecule has 3 heterocycles. The van der Waals surface area contributed by atoms with Gasteiger partial charge in [-0.2, -0.15) is 0 Å². The third kappa shape index (κ3) is 1.92. The zero-order valence-corrected chi connectivity index (χ0v) is 12.7. The highest BCUT2D eigenvalue weighted by atomic mass is 35.5. The summed E-state index contributed by atoms with van der Waals surface area (Å²) in [6.07, 6.45) is 3.35. The van der Waals surface area contributed by atoms with Crippen LogP contribution in [-0.4, -0.2) is 15.0 Å². The molecule has 0 unspecified atom stereocenters. The van der Waals surface area contributed by atoms with Gasteiger partial charge in [0.15, 0.2) is 0 Å². The molecule has 0 saturated carbocycles. The lowest BCUT2D eigenvalue weighted by atomic mass is 10.1. The Hall–Kier alpha value is -2.30. The first kappa shape index (κ1) is 13.4. The minimum atomic E-state index is -0.339. The monoisotopic (exact) mass is 329 g/mol. The predicted octanol–water partition coefficient (Wildman–Crippen LogP) is 4.38. The van der Waals surface area contributed by atoms with Gasteiger partial charge < -0.3 is 9.97 Å². The largest absolute Gasteiger partial charge is 0.353 e. The normalized spacial score (nSPS) is 11.4. The lowest BCUT2D eigenvalue weighted by Crippen LogP contribution is -2.07. The molecule has 4 nitrogen and oxygen atoms in total. The molecular formula is C16H9Cl2N3O. The number of hydrogen-bond donors (Lipinski definition) is 2. The maximum Gasteiger partial charge on any atom is 0.267 e. The minimum absolute atomic E-state index is 0.137. The van der Waals surface area contributed by atoms with Crippen molar-refractivity contribution in [1.29, 1.82) is 0 Å². The van der Waals surface area contributed by atoms with Crippen LogP contribution in [0, 0.1) is 0 Å². The number of fused-ring (bicyclic) bond motifs is 3. The van der Waals surface area contributed by atoms with E-state index in [-0.39, 0.29) is 10.6 Å². The number of hydrogen-bond acceptors (Lipinski definition) is 2. The van der Waals surface area contributed by atoms with Gasteiger partial charge in [-0.3, -0.25) is 9.78 Å². The van der Waals surface area contributed by atoms with Crippen molar-refractivity contribution in [2.45, 2.75) is 0 Å². The Kier molecular flexibility index (Phi) is 2.96. The summed E-state index contributed by atoms with van der Waals surface area (Å²) in [6.45, 7) is 0. The molecule has 0 spiro atoms. The van der Waals surface area contributed by atoms with Crippen LogP contribution in [0.4, 0.5) is 0 Å². The van der Waals surface area contributed by atoms with Crippen LogP contribution in [0.2, 0.25) is 10.0 Å². The second-order valence-corrected chi connectivity index (χ2v) is 5.76. The van der Waals surface area contributed by atoms with Crippen molar-refractivity contribution < 1.29 is 0 Å². The maximum absolute atomic E-state index is 12.2. The van der Waals surface area contributed by atoms with E-state index in [1.54, 1.807) is 24.5 Å². The average Bonchev–Trinajstić information content (AvgIpc) is 2.87. The molecule has 0 fully saturated rings. The second kappa shape index (κ2) is 4.87. The molecule has 0 saturated heterocycles. The number of aromatic nitrogens is 3. The summed E-state index contributed by atoms with van der Waals surface area (Å²) < 4.78 is 0. The first-order valence-electron chi connectivity index (χ1n) is 6.58. The fourth-order valence-corrected chi connectivity index (χ4v) is 3.08. The van der Waals surface area contributed by atoms with Crippen molar-refractivity contribution in [3.05, 3.63) is 63.1 Å².